The first-order valence-corrected chi connectivity index (χ1v) is 9.16. The van der Waals surface area contributed by atoms with E-state index in [1.807, 2.05) is 41.3 Å². The van der Waals surface area contributed by atoms with Gasteiger partial charge in [-0.25, -0.2) is 0 Å². The van der Waals surface area contributed by atoms with Crippen LogP contribution in [0.15, 0.2) is 48.5 Å². The number of amides is 1. The number of likely N-dealkylation sites (N-methyl/N-ethyl adjacent to an activating group) is 1. The van der Waals surface area contributed by atoms with Crippen molar-refractivity contribution in [1.29, 1.82) is 0 Å². The molecule has 0 aromatic heterocycles. The van der Waals surface area contributed by atoms with Crippen molar-refractivity contribution < 1.29 is 14.3 Å². The van der Waals surface area contributed by atoms with Gasteiger partial charge < -0.3 is 19.3 Å². The Labute approximate surface area is 154 Å². The van der Waals surface area contributed by atoms with E-state index in [4.69, 9.17) is 9.47 Å². The second-order valence-electron chi connectivity index (χ2n) is 6.90. The van der Waals surface area contributed by atoms with Crippen LogP contribution in [0.2, 0.25) is 0 Å². The van der Waals surface area contributed by atoms with Gasteiger partial charge in [-0.15, -0.1) is 0 Å². The van der Waals surface area contributed by atoms with E-state index < -0.39 is 0 Å². The molecule has 0 saturated carbocycles. The molecule has 0 unspecified atom stereocenters. The van der Waals surface area contributed by atoms with Gasteiger partial charge in [-0.1, -0.05) is 30.3 Å². The van der Waals surface area contributed by atoms with Gasteiger partial charge in [-0.2, -0.15) is 0 Å². The minimum atomic E-state index is 0.0441. The molecule has 136 valence electrons. The number of hydrogen-bond acceptors (Lipinski definition) is 4. The fraction of sp³-hybridized carbons (Fsp3) is 0.381. The number of fused-ring (bicyclic) bond motifs is 1. The van der Waals surface area contributed by atoms with Gasteiger partial charge in [0.25, 0.3) is 5.91 Å². The zero-order valence-electron chi connectivity index (χ0n) is 15.1. The summed E-state index contributed by atoms with van der Waals surface area (Å²) in [5, 5.41) is 0. The van der Waals surface area contributed by atoms with Crippen molar-refractivity contribution >= 4 is 5.91 Å². The lowest BCUT2D eigenvalue weighted by Gasteiger charge is -2.40. The van der Waals surface area contributed by atoms with Crippen molar-refractivity contribution in [2.75, 3.05) is 39.9 Å². The summed E-state index contributed by atoms with van der Waals surface area (Å²) >= 11 is 0. The molecule has 26 heavy (non-hydrogen) atoms. The molecule has 0 aliphatic carbocycles. The van der Waals surface area contributed by atoms with Gasteiger partial charge in [0.15, 0.2) is 11.5 Å². The molecule has 2 aliphatic heterocycles. The van der Waals surface area contributed by atoms with E-state index >= 15 is 0 Å². The van der Waals surface area contributed by atoms with Gasteiger partial charge in [0.05, 0.1) is 19.3 Å². The molecule has 1 atom stereocenters. The molecule has 0 radical (unpaired) electrons. The summed E-state index contributed by atoms with van der Waals surface area (Å²) in [6, 6.07) is 15.8. The predicted molar refractivity (Wildman–Crippen MR) is 99.8 cm³/mol. The zero-order chi connectivity index (χ0) is 17.9. The normalized spacial score (nSPS) is 20.5. The molecule has 2 aliphatic rings. The average molecular weight is 352 g/mol. The number of rotatable bonds is 2. The Balaban J connectivity index is 1.62. The standard InChI is InChI=1S/C21H24N2O3/c1-22-10-11-23(18(15-22)16-6-3-2-4-7-16)21(24)17-8-9-19-20(14-17)26-13-5-12-25-19/h2-4,6-9,14,18H,5,10-13,15H2,1H3/t18-/m0/s1. The average Bonchev–Trinajstić information content (AvgIpc) is 2.93. The van der Waals surface area contributed by atoms with E-state index in [9.17, 15) is 4.79 Å². The Morgan fingerprint density at radius 3 is 2.58 bits per heavy atom. The monoisotopic (exact) mass is 352 g/mol. The lowest BCUT2D eigenvalue weighted by Crippen LogP contribution is -2.49. The Kier molecular flexibility index (Phi) is 4.80. The SMILES string of the molecule is CN1CCN(C(=O)c2ccc3c(c2)OCCCO3)[C@H](c2ccccc2)C1. The van der Waals surface area contributed by atoms with Crippen molar-refractivity contribution in [2.45, 2.75) is 12.5 Å². The number of piperazine rings is 1. The minimum Gasteiger partial charge on any atom is -0.490 e. The summed E-state index contributed by atoms with van der Waals surface area (Å²) in [6.07, 6.45) is 0.854. The van der Waals surface area contributed by atoms with Crippen LogP contribution in [-0.2, 0) is 0 Å². The maximum atomic E-state index is 13.3. The van der Waals surface area contributed by atoms with Crippen molar-refractivity contribution in [3.8, 4) is 11.5 Å². The van der Waals surface area contributed by atoms with Gasteiger partial charge >= 0.3 is 0 Å². The van der Waals surface area contributed by atoms with Crippen molar-refractivity contribution in [2.24, 2.45) is 0 Å². The number of benzene rings is 2. The van der Waals surface area contributed by atoms with Gasteiger partial charge in [0.1, 0.15) is 0 Å². The molecule has 0 bridgehead atoms. The molecular weight excluding hydrogens is 328 g/mol. The molecule has 2 aromatic carbocycles. The highest BCUT2D eigenvalue weighted by molar-refractivity contribution is 5.95. The van der Waals surface area contributed by atoms with Crippen molar-refractivity contribution in [1.82, 2.24) is 9.80 Å². The van der Waals surface area contributed by atoms with Crippen LogP contribution in [0, 0.1) is 0 Å². The van der Waals surface area contributed by atoms with E-state index in [1.165, 1.54) is 5.56 Å². The van der Waals surface area contributed by atoms with Crippen molar-refractivity contribution in [3.63, 3.8) is 0 Å². The fourth-order valence-corrected chi connectivity index (χ4v) is 3.59. The molecule has 0 N–H and O–H groups in total. The Morgan fingerprint density at radius 2 is 1.77 bits per heavy atom. The fourth-order valence-electron chi connectivity index (χ4n) is 3.59. The summed E-state index contributed by atoms with van der Waals surface area (Å²) in [7, 11) is 2.10. The smallest absolute Gasteiger partial charge is 0.254 e. The Morgan fingerprint density at radius 1 is 1.00 bits per heavy atom. The van der Waals surface area contributed by atoms with Gasteiger partial charge in [-0.05, 0) is 30.8 Å². The molecule has 1 amide bonds. The highest BCUT2D eigenvalue weighted by atomic mass is 16.5. The molecule has 2 aromatic rings. The van der Waals surface area contributed by atoms with E-state index in [0.717, 1.165) is 25.3 Å². The third kappa shape index (κ3) is 3.40. The van der Waals surface area contributed by atoms with Gasteiger partial charge in [0.2, 0.25) is 0 Å². The van der Waals surface area contributed by atoms with Crippen LogP contribution >= 0.6 is 0 Å². The van der Waals surface area contributed by atoms with Crippen LogP contribution in [-0.4, -0.2) is 55.6 Å². The van der Waals surface area contributed by atoms with Gasteiger partial charge in [0, 0.05) is 31.6 Å². The largest absolute Gasteiger partial charge is 0.490 e. The lowest BCUT2D eigenvalue weighted by molar-refractivity contribution is 0.0497. The molecular formula is C21H24N2O3. The third-order valence-electron chi connectivity index (χ3n) is 5.02. The summed E-state index contributed by atoms with van der Waals surface area (Å²) in [6.45, 7) is 3.68. The zero-order valence-corrected chi connectivity index (χ0v) is 15.1. The van der Waals surface area contributed by atoms with Crippen LogP contribution in [0.5, 0.6) is 11.5 Å². The number of ether oxygens (including phenoxy) is 2. The Hall–Kier alpha value is -2.53. The predicted octanol–water partition coefficient (Wildman–Crippen LogP) is 2.98. The van der Waals surface area contributed by atoms with E-state index in [2.05, 4.69) is 24.1 Å². The second-order valence-corrected chi connectivity index (χ2v) is 6.90. The maximum Gasteiger partial charge on any atom is 0.254 e. The first-order valence-electron chi connectivity index (χ1n) is 9.16. The quantitative estimate of drug-likeness (QED) is 0.833. The highest BCUT2D eigenvalue weighted by Gasteiger charge is 2.31. The van der Waals surface area contributed by atoms with Crippen LogP contribution in [0.1, 0.15) is 28.4 Å². The van der Waals surface area contributed by atoms with E-state index in [0.29, 0.717) is 31.1 Å². The number of carbonyl (C=O) groups is 1. The van der Waals surface area contributed by atoms with E-state index in [1.54, 1.807) is 0 Å². The lowest BCUT2D eigenvalue weighted by atomic mass is 10.0. The molecule has 2 heterocycles. The van der Waals surface area contributed by atoms with Crippen molar-refractivity contribution in [3.05, 3.63) is 59.7 Å². The summed E-state index contributed by atoms with van der Waals surface area (Å²) in [4.78, 5) is 17.5. The van der Waals surface area contributed by atoms with Crippen LogP contribution in [0.25, 0.3) is 0 Å². The first-order chi connectivity index (χ1) is 12.7. The Bertz CT molecular complexity index is 778. The number of carbonyl (C=O) groups excluding carboxylic acids is 1. The van der Waals surface area contributed by atoms with Crippen LogP contribution in [0.3, 0.4) is 0 Å². The maximum absolute atomic E-state index is 13.3. The molecule has 4 rings (SSSR count). The van der Waals surface area contributed by atoms with E-state index in [-0.39, 0.29) is 11.9 Å². The summed E-state index contributed by atoms with van der Waals surface area (Å²) < 4.78 is 11.4. The molecule has 1 saturated heterocycles. The first kappa shape index (κ1) is 16.9. The van der Waals surface area contributed by atoms with Gasteiger partial charge in [-0.3, -0.25) is 4.79 Å². The summed E-state index contributed by atoms with van der Waals surface area (Å²) in [5.74, 6) is 1.43. The molecule has 5 heteroatoms. The summed E-state index contributed by atoms with van der Waals surface area (Å²) in [5.41, 5.74) is 1.82. The second kappa shape index (κ2) is 7.38. The van der Waals surface area contributed by atoms with Crippen LogP contribution < -0.4 is 9.47 Å². The molecule has 5 nitrogen and oxygen atoms in total. The molecule has 0 spiro atoms. The topological polar surface area (TPSA) is 42.0 Å². The van der Waals surface area contributed by atoms with Crippen LogP contribution in [0.4, 0.5) is 0 Å². The molecule has 1 fully saturated rings. The third-order valence-corrected chi connectivity index (χ3v) is 5.02. The number of nitrogens with zero attached hydrogens (tertiary/aromatic N) is 2. The number of hydrogen-bond donors (Lipinski definition) is 0. The highest BCUT2D eigenvalue weighted by Crippen LogP contribution is 2.32. The minimum absolute atomic E-state index is 0.0441.